The second-order valence-corrected chi connectivity index (χ2v) is 5.25. The molecule has 0 saturated heterocycles. The topological polar surface area (TPSA) is 94.2 Å². The lowest BCUT2D eigenvalue weighted by molar-refractivity contribution is -0.123. The van der Waals surface area contributed by atoms with E-state index in [0.717, 1.165) is 12.3 Å². The van der Waals surface area contributed by atoms with Gasteiger partial charge >= 0.3 is 6.18 Å². The van der Waals surface area contributed by atoms with Crippen molar-refractivity contribution in [2.75, 3.05) is 6.54 Å². The Morgan fingerprint density at radius 3 is 2.47 bits per heavy atom. The fourth-order valence-corrected chi connectivity index (χ4v) is 1.91. The quantitative estimate of drug-likeness (QED) is 0.845. The molecule has 1 rings (SSSR count). The highest BCUT2D eigenvalue weighted by atomic mass is 32.2. The maximum Gasteiger partial charge on any atom is 0.405 e. The minimum absolute atomic E-state index is 0.198. The molecule has 1 aromatic rings. The number of carbonyl (C=O) groups excluding carboxylic acids is 1. The zero-order valence-electron chi connectivity index (χ0n) is 9.86. The molecule has 1 aromatic heterocycles. The van der Waals surface area contributed by atoms with Crippen LogP contribution >= 0.6 is 0 Å². The molecule has 0 bridgehead atoms. The average molecular weight is 299 g/mol. The number of aromatic nitrogens is 1. The van der Waals surface area contributed by atoms with Crippen molar-refractivity contribution in [2.24, 2.45) is 5.14 Å². The van der Waals surface area contributed by atoms with Crippen molar-refractivity contribution in [3.8, 4) is 0 Å². The van der Waals surface area contributed by atoms with Gasteiger partial charge in [0.25, 0.3) is 5.91 Å². The molecule has 0 fully saturated rings. The predicted octanol–water partition coefficient (Wildman–Crippen LogP) is 0.447. The molecule has 10 heteroatoms. The van der Waals surface area contributed by atoms with Crippen LogP contribution < -0.4 is 10.5 Å². The molecular weight excluding hydrogens is 287 g/mol. The van der Waals surface area contributed by atoms with Gasteiger partial charge in [-0.3, -0.25) is 4.79 Å². The average Bonchev–Trinajstić information content (AvgIpc) is 2.68. The van der Waals surface area contributed by atoms with Gasteiger partial charge in [-0.15, -0.1) is 0 Å². The van der Waals surface area contributed by atoms with Gasteiger partial charge in [0.1, 0.15) is 17.1 Å². The van der Waals surface area contributed by atoms with E-state index in [0.29, 0.717) is 0 Å². The van der Waals surface area contributed by atoms with E-state index in [1.54, 1.807) is 12.2 Å². The van der Waals surface area contributed by atoms with Gasteiger partial charge in [-0.25, -0.2) is 13.6 Å². The monoisotopic (exact) mass is 299 g/mol. The minimum atomic E-state index is -4.54. The van der Waals surface area contributed by atoms with Crippen LogP contribution in [0, 0.1) is 0 Å². The van der Waals surface area contributed by atoms with Crippen LogP contribution in [0.1, 0.15) is 17.4 Å². The Bertz CT molecular complexity index is 577. The van der Waals surface area contributed by atoms with E-state index in [-0.39, 0.29) is 17.1 Å². The summed E-state index contributed by atoms with van der Waals surface area (Å²) in [6, 6.07) is 0.935. The molecule has 19 heavy (non-hydrogen) atoms. The van der Waals surface area contributed by atoms with Crippen LogP contribution in [0.15, 0.2) is 17.2 Å². The number of alkyl halides is 3. The molecule has 1 heterocycles. The van der Waals surface area contributed by atoms with E-state index in [1.165, 1.54) is 4.57 Å². The molecule has 0 saturated carbocycles. The van der Waals surface area contributed by atoms with Gasteiger partial charge in [0.05, 0.1) is 0 Å². The highest BCUT2D eigenvalue weighted by Crippen LogP contribution is 2.15. The molecule has 0 radical (unpaired) electrons. The molecule has 0 unspecified atom stereocenters. The Balaban J connectivity index is 3.00. The van der Waals surface area contributed by atoms with Gasteiger partial charge < -0.3 is 9.88 Å². The van der Waals surface area contributed by atoms with Crippen LogP contribution in [0.3, 0.4) is 0 Å². The number of nitrogens with one attached hydrogen (secondary N) is 1. The summed E-state index contributed by atoms with van der Waals surface area (Å²) in [5.74, 6) is -1.02. The van der Waals surface area contributed by atoms with Gasteiger partial charge in [-0.1, -0.05) is 0 Å². The summed E-state index contributed by atoms with van der Waals surface area (Å²) in [6.45, 7) is 0.323. The Morgan fingerprint density at radius 1 is 1.47 bits per heavy atom. The maximum atomic E-state index is 12.0. The molecule has 0 aromatic carbocycles. The van der Waals surface area contributed by atoms with E-state index in [9.17, 15) is 26.4 Å². The Kier molecular flexibility index (Phi) is 4.25. The summed E-state index contributed by atoms with van der Waals surface area (Å²) in [4.78, 5) is 11.2. The molecule has 1 amide bonds. The van der Waals surface area contributed by atoms with Gasteiger partial charge in [-0.05, 0) is 13.0 Å². The van der Waals surface area contributed by atoms with Crippen LogP contribution in [-0.2, 0) is 16.6 Å². The lowest BCUT2D eigenvalue weighted by atomic mass is 10.4. The van der Waals surface area contributed by atoms with Gasteiger partial charge in [0.15, 0.2) is 0 Å². The van der Waals surface area contributed by atoms with Crippen LogP contribution in [-0.4, -0.2) is 31.6 Å². The number of nitrogens with zero attached hydrogens (tertiary/aromatic N) is 1. The van der Waals surface area contributed by atoms with Gasteiger partial charge in [0.2, 0.25) is 10.0 Å². The smallest absolute Gasteiger partial charge is 0.342 e. The fraction of sp³-hybridized carbons (Fsp3) is 0.444. The van der Waals surface area contributed by atoms with Crippen molar-refractivity contribution in [1.82, 2.24) is 9.88 Å². The fourth-order valence-electron chi connectivity index (χ4n) is 1.36. The number of rotatable bonds is 4. The van der Waals surface area contributed by atoms with Crippen LogP contribution in [0.25, 0.3) is 0 Å². The van der Waals surface area contributed by atoms with Crippen molar-refractivity contribution in [3.63, 3.8) is 0 Å². The highest BCUT2D eigenvalue weighted by Gasteiger charge is 2.28. The lowest BCUT2D eigenvalue weighted by Gasteiger charge is -2.09. The summed E-state index contributed by atoms with van der Waals surface area (Å²) in [5, 5.41) is 6.54. The summed E-state index contributed by atoms with van der Waals surface area (Å²) < 4.78 is 59.3. The van der Waals surface area contributed by atoms with Crippen LogP contribution in [0.5, 0.6) is 0 Å². The maximum absolute atomic E-state index is 12.0. The molecular formula is C9H12F3N3O3S. The van der Waals surface area contributed by atoms with Gasteiger partial charge in [-0.2, -0.15) is 13.2 Å². The number of amides is 1. The summed E-state index contributed by atoms with van der Waals surface area (Å²) in [6.07, 6.45) is -3.44. The first-order chi connectivity index (χ1) is 8.54. The first kappa shape index (κ1) is 15.5. The van der Waals surface area contributed by atoms with E-state index in [4.69, 9.17) is 5.14 Å². The van der Waals surface area contributed by atoms with E-state index >= 15 is 0 Å². The first-order valence-corrected chi connectivity index (χ1v) is 6.67. The molecule has 6 nitrogen and oxygen atoms in total. The third-order valence-electron chi connectivity index (χ3n) is 2.22. The normalized spacial score (nSPS) is 12.5. The van der Waals surface area contributed by atoms with Crippen molar-refractivity contribution in [3.05, 3.63) is 18.0 Å². The molecule has 0 aliphatic rings. The number of hydrogen-bond acceptors (Lipinski definition) is 3. The minimum Gasteiger partial charge on any atom is -0.342 e. The molecule has 3 N–H and O–H groups in total. The SMILES string of the molecule is CCn1cc(S(N)(=O)=O)cc1C(=O)NCC(F)(F)F. The van der Waals surface area contributed by atoms with Crippen molar-refractivity contribution in [1.29, 1.82) is 0 Å². The summed E-state index contributed by atoms with van der Waals surface area (Å²) >= 11 is 0. The van der Waals surface area contributed by atoms with Gasteiger partial charge in [0, 0.05) is 12.7 Å². The summed E-state index contributed by atoms with van der Waals surface area (Å²) in [7, 11) is -4.01. The van der Waals surface area contributed by atoms with Crippen molar-refractivity contribution in [2.45, 2.75) is 24.5 Å². The zero-order valence-corrected chi connectivity index (χ0v) is 10.7. The second kappa shape index (κ2) is 5.21. The van der Waals surface area contributed by atoms with Crippen LogP contribution in [0.4, 0.5) is 13.2 Å². The van der Waals surface area contributed by atoms with Crippen LogP contribution in [0.2, 0.25) is 0 Å². The Hall–Kier alpha value is -1.55. The van der Waals surface area contributed by atoms with E-state index in [1.807, 2.05) is 0 Å². The Morgan fingerprint density at radius 2 is 2.05 bits per heavy atom. The predicted molar refractivity (Wildman–Crippen MR) is 59.9 cm³/mol. The number of carbonyl (C=O) groups is 1. The molecule has 0 atom stereocenters. The van der Waals surface area contributed by atoms with Crippen molar-refractivity contribution >= 4 is 15.9 Å². The number of hydrogen-bond donors (Lipinski definition) is 2. The lowest BCUT2D eigenvalue weighted by Crippen LogP contribution is -2.34. The standard InChI is InChI=1S/C9H12F3N3O3S/c1-2-15-4-6(19(13,17)18)3-7(15)8(16)14-5-9(10,11)12/h3-4H,2,5H2,1H3,(H,14,16)(H2,13,17,18). The third kappa shape index (κ3) is 4.24. The van der Waals surface area contributed by atoms with E-state index in [2.05, 4.69) is 0 Å². The second-order valence-electron chi connectivity index (χ2n) is 3.69. The number of nitrogens with two attached hydrogens (primary N) is 1. The number of sulfonamides is 1. The first-order valence-electron chi connectivity index (χ1n) is 5.12. The molecule has 0 aliphatic heterocycles. The third-order valence-corrected chi connectivity index (χ3v) is 3.10. The molecule has 0 spiro atoms. The summed E-state index contributed by atoms with van der Waals surface area (Å²) in [5.41, 5.74) is -0.198. The highest BCUT2D eigenvalue weighted by molar-refractivity contribution is 7.89. The Labute approximate surface area is 107 Å². The molecule has 108 valence electrons. The largest absolute Gasteiger partial charge is 0.405 e. The van der Waals surface area contributed by atoms with Crippen molar-refractivity contribution < 1.29 is 26.4 Å². The van der Waals surface area contributed by atoms with E-state index < -0.39 is 28.7 Å². The zero-order chi connectivity index (χ0) is 14.8. The number of halogens is 3. The number of aryl methyl sites for hydroxylation is 1. The molecule has 0 aliphatic carbocycles. The number of primary sulfonamides is 1.